The Morgan fingerprint density at radius 1 is 0.469 bits per heavy atom. The zero-order valence-electron chi connectivity index (χ0n) is 20.4. The Morgan fingerprint density at radius 2 is 0.781 bits per heavy atom. The zero-order chi connectivity index (χ0) is 23.4. The van der Waals surface area contributed by atoms with Crippen LogP contribution in [0.5, 0.6) is 0 Å². The van der Waals surface area contributed by atoms with Crippen molar-refractivity contribution in [2.75, 3.05) is 0 Å². The molecule has 0 saturated heterocycles. The molecule has 3 aromatic rings. The third kappa shape index (κ3) is 6.44. The molecule has 32 heavy (non-hydrogen) atoms. The maximum Gasteiger partial charge on any atom is -0.0132 e. The van der Waals surface area contributed by atoms with Crippen molar-refractivity contribution in [3.05, 3.63) is 112 Å². The molecule has 0 heteroatoms. The Hall–Kier alpha value is -3.12. The van der Waals surface area contributed by atoms with Crippen molar-refractivity contribution >= 4 is 30.4 Å². The Kier molecular flexibility index (Phi) is 7.04. The van der Waals surface area contributed by atoms with Crippen molar-refractivity contribution in [2.24, 2.45) is 0 Å². The number of hydrogen-bond donors (Lipinski definition) is 0. The average molecular weight is 421 g/mol. The molecule has 0 saturated carbocycles. The van der Waals surface area contributed by atoms with Crippen molar-refractivity contribution in [1.29, 1.82) is 0 Å². The van der Waals surface area contributed by atoms with Crippen LogP contribution in [0.2, 0.25) is 0 Å². The van der Waals surface area contributed by atoms with E-state index in [4.69, 9.17) is 0 Å². The molecule has 0 bridgehead atoms. The fourth-order valence-electron chi connectivity index (χ4n) is 3.59. The minimum atomic E-state index is 0.175. The molecule has 0 N–H and O–H groups in total. The first-order valence-electron chi connectivity index (χ1n) is 11.4. The summed E-state index contributed by atoms with van der Waals surface area (Å²) in [4.78, 5) is 0. The summed E-state index contributed by atoms with van der Waals surface area (Å²) in [6.07, 6.45) is 10.6. The molecular weight excluding hydrogens is 384 g/mol. The maximum atomic E-state index is 3.97. The highest BCUT2D eigenvalue weighted by atomic mass is 14.2. The van der Waals surface area contributed by atoms with Crippen LogP contribution in [0.15, 0.2) is 73.3 Å². The monoisotopic (exact) mass is 420 g/mol. The third-order valence-corrected chi connectivity index (χ3v) is 5.73. The van der Waals surface area contributed by atoms with Gasteiger partial charge in [0.1, 0.15) is 0 Å². The van der Waals surface area contributed by atoms with E-state index in [2.05, 4.69) is 139 Å². The molecule has 3 rings (SSSR count). The third-order valence-electron chi connectivity index (χ3n) is 5.73. The molecular formula is C32H36. The largest absolute Gasteiger partial charge is 0.0985 e. The summed E-state index contributed by atoms with van der Waals surface area (Å²) in [5, 5.41) is 0. The Morgan fingerprint density at radius 3 is 1.09 bits per heavy atom. The molecule has 0 heterocycles. The van der Waals surface area contributed by atoms with Crippen LogP contribution in [0.4, 0.5) is 0 Å². The van der Waals surface area contributed by atoms with Crippen LogP contribution in [-0.2, 0) is 10.8 Å². The Balaban J connectivity index is 1.80. The Labute approximate surface area is 195 Å². The van der Waals surface area contributed by atoms with Gasteiger partial charge in [-0.15, -0.1) is 0 Å². The van der Waals surface area contributed by atoms with Gasteiger partial charge in [0.25, 0.3) is 0 Å². The highest BCUT2D eigenvalue weighted by Crippen LogP contribution is 2.24. The predicted octanol–water partition coefficient (Wildman–Crippen LogP) is 9.27. The summed E-state index contributed by atoms with van der Waals surface area (Å²) >= 11 is 0. The molecule has 0 fully saturated rings. The Bertz CT molecular complexity index is 1020. The quantitative estimate of drug-likeness (QED) is 0.361. The van der Waals surface area contributed by atoms with Crippen molar-refractivity contribution in [3.63, 3.8) is 0 Å². The lowest BCUT2D eigenvalue weighted by Crippen LogP contribution is -2.10. The van der Waals surface area contributed by atoms with Crippen LogP contribution in [-0.4, -0.2) is 0 Å². The first kappa shape index (κ1) is 23.5. The summed E-state index contributed by atoms with van der Waals surface area (Å²) in [5.74, 6) is 0. The van der Waals surface area contributed by atoms with Crippen molar-refractivity contribution < 1.29 is 0 Å². The molecule has 3 aromatic carbocycles. The van der Waals surface area contributed by atoms with Gasteiger partial charge in [0.15, 0.2) is 0 Å². The van der Waals surface area contributed by atoms with Gasteiger partial charge in [-0.1, -0.05) is 127 Å². The molecule has 0 aliphatic carbocycles. The van der Waals surface area contributed by atoms with Gasteiger partial charge in [-0.2, -0.15) is 0 Å². The van der Waals surface area contributed by atoms with Gasteiger partial charge in [0.2, 0.25) is 0 Å². The van der Waals surface area contributed by atoms with Crippen molar-refractivity contribution in [1.82, 2.24) is 0 Å². The fraction of sp³-hybridized carbons (Fsp3) is 0.250. The SMILES string of the molecule is C=Cc1cc(C=Cc2ccc(C(C)(C)C)cc2)cc(C=Cc2ccc(C(C)(C)C)cc2)c1. The van der Waals surface area contributed by atoms with Crippen molar-refractivity contribution in [2.45, 2.75) is 52.4 Å². The van der Waals surface area contributed by atoms with E-state index in [1.165, 1.54) is 33.4 Å². The van der Waals surface area contributed by atoms with Crippen LogP contribution in [0.3, 0.4) is 0 Å². The van der Waals surface area contributed by atoms with E-state index in [0.29, 0.717) is 0 Å². The lowest BCUT2D eigenvalue weighted by Gasteiger charge is -2.18. The summed E-state index contributed by atoms with van der Waals surface area (Å²) in [6.45, 7) is 17.4. The normalized spacial score (nSPS) is 12.6. The van der Waals surface area contributed by atoms with E-state index in [0.717, 1.165) is 5.56 Å². The van der Waals surface area contributed by atoms with E-state index in [-0.39, 0.29) is 10.8 Å². The van der Waals surface area contributed by atoms with Crippen LogP contribution < -0.4 is 0 Å². The van der Waals surface area contributed by atoms with E-state index in [1.54, 1.807) is 0 Å². The van der Waals surface area contributed by atoms with Gasteiger partial charge < -0.3 is 0 Å². The smallest absolute Gasteiger partial charge is 0.0132 e. The van der Waals surface area contributed by atoms with Gasteiger partial charge in [-0.05, 0) is 68.0 Å². The molecule has 0 aliphatic heterocycles. The standard InChI is InChI=1S/C32H36/c1-8-24-21-27(11-9-25-13-17-29(18-14-25)31(2,3)4)23-28(22-24)12-10-26-15-19-30(20-16-26)32(5,6)7/h8-23H,1H2,2-7H3. The second-order valence-electron chi connectivity index (χ2n) is 10.5. The van der Waals surface area contributed by atoms with Gasteiger partial charge in [0, 0.05) is 0 Å². The molecule has 0 unspecified atom stereocenters. The molecule has 0 aromatic heterocycles. The second kappa shape index (κ2) is 9.57. The van der Waals surface area contributed by atoms with E-state index >= 15 is 0 Å². The number of hydrogen-bond acceptors (Lipinski definition) is 0. The first-order valence-corrected chi connectivity index (χ1v) is 11.4. The van der Waals surface area contributed by atoms with Gasteiger partial charge in [0.05, 0.1) is 0 Å². The van der Waals surface area contributed by atoms with Crippen molar-refractivity contribution in [3.8, 4) is 0 Å². The number of benzene rings is 3. The molecule has 0 spiro atoms. The molecule has 0 nitrogen and oxygen atoms in total. The van der Waals surface area contributed by atoms with E-state index in [9.17, 15) is 0 Å². The predicted molar refractivity (Wildman–Crippen MR) is 145 cm³/mol. The summed E-state index contributed by atoms with van der Waals surface area (Å²) in [7, 11) is 0. The molecule has 0 radical (unpaired) electrons. The van der Waals surface area contributed by atoms with E-state index in [1.807, 2.05) is 6.08 Å². The lowest BCUT2D eigenvalue weighted by atomic mass is 9.86. The summed E-state index contributed by atoms with van der Waals surface area (Å²) in [6, 6.07) is 24.2. The molecule has 0 atom stereocenters. The van der Waals surface area contributed by atoms with E-state index < -0.39 is 0 Å². The molecule has 0 amide bonds. The summed E-state index contributed by atoms with van der Waals surface area (Å²) < 4.78 is 0. The topological polar surface area (TPSA) is 0 Å². The van der Waals surface area contributed by atoms with Crippen LogP contribution in [0, 0.1) is 0 Å². The fourth-order valence-corrected chi connectivity index (χ4v) is 3.59. The average Bonchev–Trinajstić information content (AvgIpc) is 2.75. The van der Waals surface area contributed by atoms with Crippen LogP contribution in [0.25, 0.3) is 30.4 Å². The number of rotatable bonds is 5. The lowest BCUT2D eigenvalue weighted by molar-refractivity contribution is 0.590. The molecule has 164 valence electrons. The van der Waals surface area contributed by atoms with Gasteiger partial charge in [-0.25, -0.2) is 0 Å². The second-order valence-corrected chi connectivity index (χ2v) is 10.5. The highest BCUT2D eigenvalue weighted by molar-refractivity contribution is 5.76. The highest BCUT2D eigenvalue weighted by Gasteiger charge is 2.13. The maximum absolute atomic E-state index is 3.97. The van der Waals surface area contributed by atoms with Gasteiger partial charge in [-0.3, -0.25) is 0 Å². The summed E-state index contributed by atoms with van der Waals surface area (Å²) in [5.41, 5.74) is 8.94. The molecule has 0 aliphatic rings. The van der Waals surface area contributed by atoms with Crippen LogP contribution in [0.1, 0.15) is 80.5 Å². The minimum Gasteiger partial charge on any atom is -0.0985 e. The van der Waals surface area contributed by atoms with Gasteiger partial charge >= 0.3 is 0 Å². The minimum absolute atomic E-state index is 0.175. The van der Waals surface area contributed by atoms with Crippen LogP contribution >= 0.6 is 0 Å². The first-order chi connectivity index (χ1) is 15.0. The zero-order valence-corrected chi connectivity index (χ0v) is 20.4.